The standard InChI is InChI=1S/C23H15F5N4O2/c24-17-5-6-18(25)21-20(17)22(32-12-31-21)29-8-7-13-1-3-15(4-2-13)34-19-9-16(23(26,27)28)14(11-33)10-30-19/h1-6,9-12H,7-8H2,(H,29,31,32). The maximum Gasteiger partial charge on any atom is 0.417 e. The summed E-state index contributed by atoms with van der Waals surface area (Å²) in [5.41, 5.74) is -1.00. The lowest BCUT2D eigenvalue weighted by Crippen LogP contribution is -2.10. The summed E-state index contributed by atoms with van der Waals surface area (Å²) in [6.45, 7) is 0.339. The van der Waals surface area contributed by atoms with Crippen molar-refractivity contribution in [2.45, 2.75) is 12.6 Å². The molecule has 0 unspecified atom stereocenters. The lowest BCUT2D eigenvalue weighted by molar-refractivity contribution is -0.138. The Balaban J connectivity index is 1.41. The summed E-state index contributed by atoms with van der Waals surface area (Å²) < 4.78 is 72.6. The van der Waals surface area contributed by atoms with Crippen LogP contribution >= 0.6 is 0 Å². The van der Waals surface area contributed by atoms with Gasteiger partial charge in [-0.05, 0) is 36.2 Å². The molecule has 2 aromatic carbocycles. The van der Waals surface area contributed by atoms with E-state index in [2.05, 4.69) is 20.3 Å². The summed E-state index contributed by atoms with van der Waals surface area (Å²) in [5.74, 6) is -1.21. The fourth-order valence-electron chi connectivity index (χ4n) is 3.25. The number of alkyl halides is 3. The van der Waals surface area contributed by atoms with Crippen molar-refractivity contribution in [1.82, 2.24) is 15.0 Å². The van der Waals surface area contributed by atoms with Crippen molar-refractivity contribution in [3.8, 4) is 11.6 Å². The van der Waals surface area contributed by atoms with Crippen molar-refractivity contribution in [2.24, 2.45) is 0 Å². The maximum atomic E-state index is 14.1. The van der Waals surface area contributed by atoms with Crippen LogP contribution in [0.15, 0.2) is 55.0 Å². The van der Waals surface area contributed by atoms with Crippen LogP contribution in [0.2, 0.25) is 0 Å². The Morgan fingerprint density at radius 2 is 1.71 bits per heavy atom. The predicted molar refractivity (Wildman–Crippen MR) is 113 cm³/mol. The smallest absolute Gasteiger partial charge is 0.417 e. The van der Waals surface area contributed by atoms with Gasteiger partial charge in [0.2, 0.25) is 5.88 Å². The second kappa shape index (κ2) is 9.38. The van der Waals surface area contributed by atoms with E-state index in [0.29, 0.717) is 19.0 Å². The quantitative estimate of drug-likeness (QED) is 0.278. The zero-order valence-corrected chi connectivity index (χ0v) is 17.2. The number of hydrogen-bond acceptors (Lipinski definition) is 6. The number of halogens is 5. The van der Waals surface area contributed by atoms with E-state index >= 15 is 0 Å². The molecule has 0 aliphatic heterocycles. The summed E-state index contributed by atoms with van der Waals surface area (Å²) in [4.78, 5) is 22.3. The van der Waals surface area contributed by atoms with Crippen molar-refractivity contribution >= 4 is 23.0 Å². The molecule has 0 aliphatic carbocycles. The number of hydrogen-bond donors (Lipinski definition) is 1. The van der Waals surface area contributed by atoms with E-state index in [0.717, 1.165) is 30.2 Å². The van der Waals surface area contributed by atoms with E-state index in [1.807, 2.05) is 0 Å². The lowest BCUT2D eigenvalue weighted by atomic mass is 10.1. The first-order valence-electron chi connectivity index (χ1n) is 9.88. The van der Waals surface area contributed by atoms with Gasteiger partial charge in [-0.15, -0.1) is 0 Å². The van der Waals surface area contributed by atoms with Gasteiger partial charge in [0, 0.05) is 24.4 Å². The molecule has 34 heavy (non-hydrogen) atoms. The second-order valence-corrected chi connectivity index (χ2v) is 7.12. The predicted octanol–water partition coefficient (Wildman–Crippen LogP) is 5.58. The molecule has 0 saturated carbocycles. The van der Waals surface area contributed by atoms with Crippen LogP contribution in [0, 0.1) is 11.6 Å². The molecule has 1 N–H and O–H groups in total. The molecule has 0 bridgehead atoms. The zero-order chi connectivity index (χ0) is 24.3. The van der Waals surface area contributed by atoms with Gasteiger partial charge in [-0.2, -0.15) is 13.2 Å². The maximum absolute atomic E-state index is 14.1. The molecule has 0 spiro atoms. The molecule has 0 fully saturated rings. The van der Waals surface area contributed by atoms with Crippen LogP contribution < -0.4 is 10.1 Å². The van der Waals surface area contributed by atoms with Gasteiger partial charge in [0.25, 0.3) is 0 Å². The molecule has 0 atom stereocenters. The Bertz CT molecular complexity index is 1340. The number of fused-ring (bicyclic) bond motifs is 1. The number of ether oxygens (including phenoxy) is 1. The monoisotopic (exact) mass is 474 g/mol. The van der Waals surface area contributed by atoms with Gasteiger partial charge in [0.1, 0.15) is 35.0 Å². The van der Waals surface area contributed by atoms with Crippen molar-refractivity contribution in [1.29, 1.82) is 0 Å². The Kier molecular flexibility index (Phi) is 6.35. The first kappa shape index (κ1) is 23.0. The van der Waals surface area contributed by atoms with Gasteiger partial charge < -0.3 is 10.1 Å². The minimum atomic E-state index is -4.72. The first-order chi connectivity index (χ1) is 16.3. The third-order valence-corrected chi connectivity index (χ3v) is 4.88. The van der Waals surface area contributed by atoms with Crippen molar-refractivity contribution < 1.29 is 31.5 Å². The van der Waals surface area contributed by atoms with Gasteiger partial charge in [-0.3, -0.25) is 4.79 Å². The Morgan fingerprint density at radius 3 is 2.41 bits per heavy atom. The largest absolute Gasteiger partial charge is 0.439 e. The SMILES string of the molecule is O=Cc1cnc(Oc2ccc(CCNc3ncnc4c(F)ccc(F)c34)cc2)cc1C(F)(F)F. The topological polar surface area (TPSA) is 77.0 Å². The summed E-state index contributed by atoms with van der Waals surface area (Å²) in [6, 6.07) is 9.15. The van der Waals surface area contributed by atoms with Crippen LogP contribution in [0.3, 0.4) is 0 Å². The molecule has 6 nitrogen and oxygen atoms in total. The Labute approximate surface area is 189 Å². The number of rotatable bonds is 7. The van der Waals surface area contributed by atoms with Crippen LogP contribution in [0.4, 0.5) is 27.8 Å². The Morgan fingerprint density at radius 1 is 0.971 bits per heavy atom. The van der Waals surface area contributed by atoms with Crippen LogP contribution in [0.5, 0.6) is 11.6 Å². The average molecular weight is 474 g/mol. The van der Waals surface area contributed by atoms with Gasteiger partial charge >= 0.3 is 6.18 Å². The molecule has 2 heterocycles. The number of anilines is 1. The molecule has 0 amide bonds. The van der Waals surface area contributed by atoms with Crippen molar-refractivity contribution in [2.75, 3.05) is 11.9 Å². The summed E-state index contributed by atoms with van der Waals surface area (Å²) in [7, 11) is 0. The number of pyridine rings is 1. The fraction of sp³-hybridized carbons (Fsp3) is 0.130. The van der Waals surface area contributed by atoms with Gasteiger partial charge in [-0.1, -0.05) is 12.1 Å². The number of carbonyl (C=O) groups is 1. The van der Waals surface area contributed by atoms with Gasteiger partial charge in [-0.25, -0.2) is 23.7 Å². The summed E-state index contributed by atoms with van der Waals surface area (Å²) in [5, 5.41) is 2.91. The Hall–Kier alpha value is -4.15. The highest BCUT2D eigenvalue weighted by Gasteiger charge is 2.34. The van der Waals surface area contributed by atoms with Crippen LogP contribution in [-0.2, 0) is 12.6 Å². The lowest BCUT2D eigenvalue weighted by Gasteiger charge is -2.12. The van der Waals surface area contributed by atoms with Gasteiger partial charge in [0.05, 0.1) is 10.9 Å². The molecule has 174 valence electrons. The van der Waals surface area contributed by atoms with E-state index in [9.17, 15) is 26.7 Å². The van der Waals surface area contributed by atoms with E-state index in [1.54, 1.807) is 24.3 Å². The van der Waals surface area contributed by atoms with Crippen molar-refractivity contribution in [3.63, 3.8) is 0 Å². The summed E-state index contributed by atoms with van der Waals surface area (Å²) >= 11 is 0. The molecular formula is C23H15F5N4O2. The fourth-order valence-corrected chi connectivity index (χ4v) is 3.25. The number of nitrogens with one attached hydrogen (secondary N) is 1. The second-order valence-electron chi connectivity index (χ2n) is 7.12. The highest BCUT2D eigenvalue weighted by atomic mass is 19.4. The van der Waals surface area contributed by atoms with E-state index in [-0.39, 0.29) is 34.6 Å². The number of benzene rings is 2. The highest BCUT2D eigenvalue weighted by Crippen LogP contribution is 2.34. The van der Waals surface area contributed by atoms with Crippen LogP contribution in [0.1, 0.15) is 21.5 Å². The first-order valence-corrected chi connectivity index (χ1v) is 9.88. The molecule has 0 aliphatic rings. The minimum Gasteiger partial charge on any atom is -0.439 e. The average Bonchev–Trinajstić information content (AvgIpc) is 2.82. The van der Waals surface area contributed by atoms with Gasteiger partial charge in [0.15, 0.2) is 6.29 Å². The molecule has 4 aromatic rings. The summed E-state index contributed by atoms with van der Waals surface area (Å²) in [6.07, 6.45) is -2.22. The molecule has 11 heteroatoms. The third-order valence-electron chi connectivity index (χ3n) is 4.88. The molecular weight excluding hydrogens is 459 g/mol. The van der Waals surface area contributed by atoms with Crippen molar-refractivity contribution in [3.05, 3.63) is 83.3 Å². The normalized spacial score (nSPS) is 11.4. The van der Waals surface area contributed by atoms with Crippen LogP contribution in [-0.4, -0.2) is 27.8 Å². The van der Waals surface area contributed by atoms with E-state index in [1.165, 1.54) is 0 Å². The zero-order valence-electron chi connectivity index (χ0n) is 17.2. The van der Waals surface area contributed by atoms with Crippen LogP contribution in [0.25, 0.3) is 10.9 Å². The molecule has 2 aromatic heterocycles. The molecule has 4 rings (SSSR count). The van der Waals surface area contributed by atoms with E-state index in [4.69, 9.17) is 4.74 Å². The highest BCUT2D eigenvalue weighted by molar-refractivity contribution is 5.89. The minimum absolute atomic E-state index is 0.0439. The van der Waals surface area contributed by atoms with E-state index < -0.39 is 28.9 Å². The number of aldehydes is 1. The number of nitrogens with zero attached hydrogens (tertiary/aromatic N) is 3. The number of carbonyl (C=O) groups excluding carboxylic acids is 1. The number of aromatic nitrogens is 3. The molecule has 0 saturated heterocycles. The third kappa shape index (κ3) is 4.92. The molecule has 0 radical (unpaired) electrons.